The molecule has 0 aliphatic carbocycles. The van der Waals surface area contributed by atoms with Crippen molar-refractivity contribution in [3.8, 4) is 5.69 Å². The lowest BCUT2D eigenvalue weighted by molar-refractivity contribution is -0.122. The summed E-state index contributed by atoms with van der Waals surface area (Å²) in [6.45, 7) is 3.64. The van der Waals surface area contributed by atoms with Gasteiger partial charge in [0.2, 0.25) is 0 Å². The molecule has 0 bridgehead atoms. The molecule has 4 rings (SSSR count). The van der Waals surface area contributed by atoms with Gasteiger partial charge >= 0.3 is 12.0 Å². The van der Waals surface area contributed by atoms with Gasteiger partial charge in [-0.1, -0.05) is 28.1 Å². The first-order valence-electron chi connectivity index (χ1n) is 9.87. The topological polar surface area (TPSA) is 109 Å². The number of carboxylic acids is 1. The quantitative estimate of drug-likeness (QED) is 0.405. The third kappa shape index (κ3) is 4.10. The second-order valence-corrected chi connectivity index (χ2v) is 8.37. The lowest BCUT2D eigenvalue weighted by Crippen LogP contribution is -2.54. The summed E-state index contributed by atoms with van der Waals surface area (Å²) >= 11 is 3.32. The summed E-state index contributed by atoms with van der Waals surface area (Å²) in [6.07, 6.45) is 1.44. The first-order chi connectivity index (χ1) is 15.7. The molecule has 0 unspecified atom stereocenters. The maximum Gasteiger partial charge on any atom is 0.335 e. The van der Waals surface area contributed by atoms with Gasteiger partial charge in [-0.15, -0.1) is 0 Å². The van der Waals surface area contributed by atoms with E-state index in [1.54, 1.807) is 55.5 Å². The van der Waals surface area contributed by atoms with Crippen LogP contribution in [0.15, 0.2) is 64.6 Å². The highest BCUT2D eigenvalue weighted by molar-refractivity contribution is 9.10. The minimum Gasteiger partial charge on any atom is -0.478 e. The van der Waals surface area contributed by atoms with Crippen molar-refractivity contribution in [2.75, 3.05) is 4.90 Å². The molecule has 166 valence electrons. The summed E-state index contributed by atoms with van der Waals surface area (Å²) in [4.78, 5) is 50.3. The molecule has 1 aliphatic rings. The molecule has 8 nitrogen and oxygen atoms in total. The minimum absolute atomic E-state index is 0.143. The number of aryl methyl sites for hydroxylation is 1. The molecule has 1 aromatic heterocycles. The molecule has 1 saturated heterocycles. The van der Waals surface area contributed by atoms with Gasteiger partial charge in [0.05, 0.1) is 11.3 Å². The Morgan fingerprint density at radius 3 is 2.39 bits per heavy atom. The number of aromatic carboxylic acids is 1. The largest absolute Gasteiger partial charge is 0.478 e. The van der Waals surface area contributed by atoms with Crippen LogP contribution >= 0.6 is 15.9 Å². The number of carboxylic acid groups (broad SMARTS) is 1. The number of barbiturate groups is 1. The van der Waals surface area contributed by atoms with E-state index in [0.29, 0.717) is 27.1 Å². The van der Waals surface area contributed by atoms with Gasteiger partial charge in [0.1, 0.15) is 5.57 Å². The van der Waals surface area contributed by atoms with Gasteiger partial charge in [0.25, 0.3) is 11.8 Å². The highest BCUT2D eigenvalue weighted by Crippen LogP contribution is 2.27. The van der Waals surface area contributed by atoms with Crippen molar-refractivity contribution >= 4 is 51.5 Å². The Labute approximate surface area is 197 Å². The smallest absolute Gasteiger partial charge is 0.335 e. The molecule has 33 heavy (non-hydrogen) atoms. The zero-order valence-electron chi connectivity index (χ0n) is 17.6. The Morgan fingerprint density at radius 1 is 1.00 bits per heavy atom. The highest BCUT2D eigenvalue weighted by Gasteiger charge is 2.37. The molecule has 3 aromatic rings. The van der Waals surface area contributed by atoms with E-state index in [1.807, 2.05) is 11.5 Å². The third-order valence-corrected chi connectivity index (χ3v) is 5.78. The standard InChI is InChI=1S/C24H18BrN3O5/c1-13-9-16(14(2)27(13)18-7-3-5-15(10-18)23(31)32)11-20-21(29)26-24(33)28(22(20)30)19-8-4-6-17(25)12-19/h3-12H,1-2H3,(H,31,32)(H,26,29,33). The van der Waals surface area contributed by atoms with Crippen LogP contribution < -0.4 is 10.2 Å². The SMILES string of the molecule is Cc1cc(C=C2C(=O)NC(=O)N(c3cccc(Br)c3)C2=O)c(C)n1-c1cccc(C(=O)O)c1. The predicted molar refractivity (Wildman–Crippen MR) is 125 cm³/mol. The molecule has 9 heteroatoms. The fraction of sp³-hybridized carbons (Fsp3) is 0.0833. The molecule has 1 fully saturated rings. The van der Waals surface area contributed by atoms with Crippen LogP contribution in [0.5, 0.6) is 0 Å². The summed E-state index contributed by atoms with van der Waals surface area (Å²) in [5, 5.41) is 11.5. The fourth-order valence-electron chi connectivity index (χ4n) is 3.77. The van der Waals surface area contributed by atoms with Crippen molar-refractivity contribution in [3.63, 3.8) is 0 Å². The third-order valence-electron chi connectivity index (χ3n) is 5.29. The van der Waals surface area contributed by atoms with Gasteiger partial charge in [-0.25, -0.2) is 14.5 Å². The van der Waals surface area contributed by atoms with Crippen molar-refractivity contribution < 1.29 is 24.3 Å². The lowest BCUT2D eigenvalue weighted by atomic mass is 10.1. The Morgan fingerprint density at radius 2 is 1.70 bits per heavy atom. The maximum absolute atomic E-state index is 13.1. The molecule has 2 N–H and O–H groups in total. The van der Waals surface area contributed by atoms with Crippen LogP contribution in [0.1, 0.15) is 27.3 Å². The van der Waals surface area contributed by atoms with E-state index in [9.17, 15) is 24.3 Å². The van der Waals surface area contributed by atoms with Crippen LogP contribution in [0.2, 0.25) is 0 Å². The summed E-state index contributed by atoms with van der Waals surface area (Å²) in [6, 6.07) is 14.1. The number of anilines is 1. The second kappa shape index (κ2) is 8.51. The van der Waals surface area contributed by atoms with Crippen molar-refractivity contribution in [2.24, 2.45) is 0 Å². The van der Waals surface area contributed by atoms with Gasteiger partial charge < -0.3 is 9.67 Å². The van der Waals surface area contributed by atoms with E-state index in [4.69, 9.17) is 0 Å². The van der Waals surface area contributed by atoms with Crippen molar-refractivity contribution in [1.82, 2.24) is 9.88 Å². The first-order valence-corrected chi connectivity index (χ1v) is 10.7. The van der Waals surface area contributed by atoms with Gasteiger partial charge in [-0.2, -0.15) is 0 Å². The normalized spacial score (nSPS) is 15.2. The van der Waals surface area contributed by atoms with E-state index in [1.165, 1.54) is 12.1 Å². The maximum atomic E-state index is 13.1. The molecule has 2 heterocycles. The zero-order chi connectivity index (χ0) is 23.9. The first kappa shape index (κ1) is 22.2. The molecular formula is C24H18BrN3O5. The van der Waals surface area contributed by atoms with Crippen molar-refractivity contribution in [1.29, 1.82) is 0 Å². The fourth-order valence-corrected chi connectivity index (χ4v) is 4.16. The second-order valence-electron chi connectivity index (χ2n) is 7.46. The predicted octanol–water partition coefficient (Wildman–Crippen LogP) is 4.22. The number of carbonyl (C=O) groups is 4. The Balaban J connectivity index is 1.77. The summed E-state index contributed by atoms with van der Waals surface area (Å²) in [5.74, 6) is -2.56. The number of halogens is 1. The number of carbonyl (C=O) groups excluding carboxylic acids is 3. The summed E-state index contributed by atoms with van der Waals surface area (Å²) in [5.41, 5.74) is 3.00. The van der Waals surface area contributed by atoms with Crippen LogP contribution in [0.25, 0.3) is 11.8 Å². The Bertz CT molecular complexity index is 1370. The molecule has 1 aliphatic heterocycles. The number of nitrogens with one attached hydrogen (secondary N) is 1. The minimum atomic E-state index is -1.04. The van der Waals surface area contributed by atoms with Gasteiger partial charge in [-0.3, -0.25) is 14.9 Å². The van der Waals surface area contributed by atoms with E-state index in [2.05, 4.69) is 21.2 Å². The number of amides is 4. The van der Waals surface area contributed by atoms with Gasteiger partial charge in [0, 0.05) is 21.5 Å². The van der Waals surface area contributed by atoms with E-state index >= 15 is 0 Å². The molecular weight excluding hydrogens is 490 g/mol. The van der Waals surface area contributed by atoms with Crippen molar-refractivity contribution in [2.45, 2.75) is 13.8 Å². The number of nitrogens with zero attached hydrogens (tertiary/aromatic N) is 2. The Hall–Kier alpha value is -3.98. The highest BCUT2D eigenvalue weighted by atomic mass is 79.9. The molecule has 2 aromatic carbocycles. The van der Waals surface area contributed by atoms with E-state index < -0.39 is 23.8 Å². The van der Waals surface area contributed by atoms with Crippen LogP contribution in [0.3, 0.4) is 0 Å². The molecule has 4 amide bonds. The molecule has 0 spiro atoms. The number of aromatic nitrogens is 1. The van der Waals surface area contributed by atoms with Gasteiger partial charge in [0.15, 0.2) is 0 Å². The number of rotatable bonds is 4. The van der Waals surface area contributed by atoms with Crippen LogP contribution in [0, 0.1) is 13.8 Å². The zero-order valence-corrected chi connectivity index (χ0v) is 19.2. The summed E-state index contributed by atoms with van der Waals surface area (Å²) in [7, 11) is 0. The number of imide groups is 2. The average Bonchev–Trinajstić information content (AvgIpc) is 3.04. The average molecular weight is 508 g/mol. The van der Waals surface area contributed by atoms with E-state index in [0.717, 1.165) is 10.6 Å². The molecule has 0 radical (unpaired) electrons. The monoisotopic (exact) mass is 507 g/mol. The van der Waals surface area contributed by atoms with E-state index in [-0.39, 0.29) is 11.1 Å². The molecule has 0 saturated carbocycles. The van der Waals surface area contributed by atoms with Crippen LogP contribution in [-0.2, 0) is 9.59 Å². The summed E-state index contributed by atoms with van der Waals surface area (Å²) < 4.78 is 2.51. The van der Waals surface area contributed by atoms with Crippen LogP contribution in [0.4, 0.5) is 10.5 Å². The number of hydrogen-bond donors (Lipinski definition) is 2. The van der Waals surface area contributed by atoms with Crippen molar-refractivity contribution in [3.05, 3.63) is 87.2 Å². The lowest BCUT2D eigenvalue weighted by Gasteiger charge is -2.26. The Kier molecular flexibility index (Phi) is 5.73. The number of benzene rings is 2. The molecule has 0 atom stereocenters. The van der Waals surface area contributed by atoms with Gasteiger partial charge in [-0.05, 0) is 68.0 Å². The van der Waals surface area contributed by atoms with Crippen LogP contribution in [-0.4, -0.2) is 33.5 Å². The number of urea groups is 1. The number of hydrogen-bond acceptors (Lipinski definition) is 4.